The molecule has 1 aliphatic rings. The van der Waals surface area contributed by atoms with Gasteiger partial charge in [-0.2, -0.15) is 5.10 Å². The molecule has 5 rings (SSSR count). The zero-order valence-electron chi connectivity index (χ0n) is 13.9. The Bertz CT molecular complexity index is 1130. The molecule has 1 aromatic carbocycles. The van der Waals surface area contributed by atoms with Crippen LogP contribution in [-0.4, -0.2) is 35.9 Å². The van der Waals surface area contributed by atoms with Gasteiger partial charge in [-0.05, 0) is 36.6 Å². The largest absolute Gasteiger partial charge is 0.393 e. The van der Waals surface area contributed by atoms with Gasteiger partial charge in [-0.1, -0.05) is 0 Å². The van der Waals surface area contributed by atoms with Crippen molar-refractivity contribution in [1.82, 2.24) is 24.7 Å². The first-order valence-electron chi connectivity index (χ1n) is 8.51. The lowest BCUT2D eigenvalue weighted by Crippen LogP contribution is -2.31. The summed E-state index contributed by atoms with van der Waals surface area (Å²) in [7, 11) is 0. The van der Waals surface area contributed by atoms with Gasteiger partial charge >= 0.3 is 0 Å². The van der Waals surface area contributed by atoms with Crippen LogP contribution in [0.4, 0.5) is 10.2 Å². The molecule has 0 bridgehead atoms. The number of aliphatic hydroxyl groups is 1. The van der Waals surface area contributed by atoms with E-state index in [2.05, 4.69) is 15.0 Å². The number of nitrogen functional groups attached to an aromatic ring is 1. The Balaban J connectivity index is 1.63. The third-order valence-corrected chi connectivity index (χ3v) is 5.11. The normalized spacial score (nSPS) is 19.9. The predicted octanol–water partition coefficient (Wildman–Crippen LogP) is 2.32. The highest BCUT2D eigenvalue weighted by Crippen LogP contribution is 2.36. The van der Waals surface area contributed by atoms with Crippen LogP contribution >= 0.6 is 0 Å². The SMILES string of the molecule is Nc1ncnc2c1c(Cc1c[nH]c3ccc(F)cc13)nn2C1CC(O)C1. The second kappa shape index (κ2) is 5.50. The van der Waals surface area contributed by atoms with Crippen LogP contribution in [0, 0.1) is 5.82 Å². The molecule has 8 heteroatoms. The number of halogens is 1. The molecule has 1 saturated carbocycles. The van der Waals surface area contributed by atoms with E-state index in [1.54, 1.807) is 6.07 Å². The van der Waals surface area contributed by atoms with Gasteiger partial charge in [0.1, 0.15) is 18.0 Å². The van der Waals surface area contributed by atoms with Gasteiger partial charge in [-0.15, -0.1) is 0 Å². The number of anilines is 1. The summed E-state index contributed by atoms with van der Waals surface area (Å²) in [5.41, 5.74) is 9.34. The van der Waals surface area contributed by atoms with E-state index in [1.807, 2.05) is 10.9 Å². The first kappa shape index (κ1) is 15.3. The minimum absolute atomic E-state index is 0.107. The molecular weight excluding hydrogens is 335 g/mol. The monoisotopic (exact) mass is 352 g/mol. The Morgan fingerprint density at radius 3 is 2.96 bits per heavy atom. The fourth-order valence-corrected chi connectivity index (χ4v) is 3.68. The summed E-state index contributed by atoms with van der Waals surface area (Å²) < 4.78 is 15.5. The molecule has 3 aromatic heterocycles. The number of nitrogens with one attached hydrogen (secondary N) is 1. The van der Waals surface area contributed by atoms with E-state index in [0.717, 1.165) is 27.5 Å². The molecule has 0 saturated heterocycles. The lowest BCUT2D eigenvalue weighted by molar-refractivity contribution is 0.0449. The number of benzene rings is 1. The molecule has 4 N–H and O–H groups in total. The average molecular weight is 352 g/mol. The highest BCUT2D eigenvalue weighted by molar-refractivity contribution is 5.90. The summed E-state index contributed by atoms with van der Waals surface area (Å²) in [5.74, 6) is 0.0992. The van der Waals surface area contributed by atoms with Crippen LogP contribution in [0.3, 0.4) is 0 Å². The maximum atomic E-state index is 13.7. The van der Waals surface area contributed by atoms with Gasteiger partial charge in [-0.3, -0.25) is 0 Å². The lowest BCUT2D eigenvalue weighted by Gasteiger charge is -2.31. The van der Waals surface area contributed by atoms with Gasteiger partial charge < -0.3 is 15.8 Å². The van der Waals surface area contributed by atoms with Crippen molar-refractivity contribution in [2.45, 2.75) is 31.4 Å². The third kappa shape index (κ3) is 2.26. The van der Waals surface area contributed by atoms with Gasteiger partial charge in [0.15, 0.2) is 5.65 Å². The number of aliphatic hydroxyl groups excluding tert-OH is 1. The second-order valence-corrected chi connectivity index (χ2v) is 6.81. The number of nitrogens with zero attached hydrogens (tertiary/aromatic N) is 4. The molecule has 132 valence electrons. The molecular formula is C18H17FN6O. The number of nitrogens with two attached hydrogens (primary N) is 1. The maximum absolute atomic E-state index is 13.7. The van der Waals surface area contributed by atoms with Crippen LogP contribution < -0.4 is 5.73 Å². The van der Waals surface area contributed by atoms with Crippen LogP contribution in [0.1, 0.15) is 30.1 Å². The maximum Gasteiger partial charge on any atom is 0.163 e. The zero-order valence-corrected chi connectivity index (χ0v) is 13.9. The number of hydrogen-bond acceptors (Lipinski definition) is 5. The number of H-pyrrole nitrogens is 1. The van der Waals surface area contributed by atoms with Crippen molar-refractivity contribution in [2.24, 2.45) is 0 Å². The lowest BCUT2D eigenvalue weighted by atomic mass is 9.90. The standard InChI is InChI=1S/C18H17FN6O/c19-10-1-2-14-13(4-10)9(7-21-14)3-15-16-17(20)22-8-23-18(16)25(24-15)11-5-12(26)6-11/h1-2,4,7-8,11-12,21,26H,3,5-6H2,(H2,20,22,23). The molecule has 1 aliphatic carbocycles. The minimum Gasteiger partial charge on any atom is -0.393 e. The smallest absolute Gasteiger partial charge is 0.163 e. The summed E-state index contributed by atoms with van der Waals surface area (Å²) in [6.07, 6.45) is 4.78. The first-order chi connectivity index (χ1) is 12.6. The molecule has 1 fully saturated rings. The topological polar surface area (TPSA) is 106 Å². The van der Waals surface area contributed by atoms with E-state index >= 15 is 0 Å². The number of aromatic nitrogens is 5. The minimum atomic E-state index is -0.293. The van der Waals surface area contributed by atoms with Crippen LogP contribution in [-0.2, 0) is 6.42 Å². The molecule has 0 atom stereocenters. The molecule has 3 heterocycles. The van der Waals surface area contributed by atoms with Crippen molar-refractivity contribution >= 4 is 27.8 Å². The number of rotatable bonds is 3. The van der Waals surface area contributed by atoms with Crippen LogP contribution in [0.5, 0.6) is 0 Å². The Morgan fingerprint density at radius 2 is 2.15 bits per heavy atom. The highest BCUT2D eigenvalue weighted by Gasteiger charge is 2.32. The van der Waals surface area contributed by atoms with Crippen LogP contribution in [0.25, 0.3) is 21.9 Å². The van der Waals surface area contributed by atoms with Crippen LogP contribution in [0.15, 0.2) is 30.7 Å². The quantitative estimate of drug-likeness (QED) is 0.525. The van der Waals surface area contributed by atoms with Gasteiger partial charge in [0.2, 0.25) is 0 Å². The fraction of sp³-hybridized carbons (Fsp3) is 0.278. The molecule has 0 aliphatic heterocycles. The molecule has 4 aromatic rings. The van der Waals surface area contributed by atoms with Gasteiger partial charge in [-0.25, -0.2) is 19.0 Å². The van der Waals surface area contributed by atoms with Crippen molar-refractivity contribution in [3.8, 4) is 0 Å². The van der Waals surface area contributed by atoms with Crippen molar-refractivity contribution in [3.63, 3.8) is 0 Å². The van der Waals surface area contributed by atoms with E-state index in [9.17, 15) is 9.50 Å². The van der Waals surface area contributed by atoms with Crippen molar-refractivity contribution < 1.29 is 9.50 Å². The molecule has 0 radical (unpaired) electrons. The van der Waals surface area contributed by atoms with Crippen molar-refractivity contribution in [1.29, 1.82) is 0 Å². The van der Waals surface area contributed by atoms with Gasteiger partial charge in [0, 0.05) is 23.5 Å². The van der Waals surface area contributed by atoms with E-state index in [0.29, 0.717) is 30.7 Å². The summed E-state index contributed by atoms with van der Waals surface area (Å²) in [5, 5.41) is 15.9. The number of fused-ring (bicyclic) bond motifs is 2. The van der Waals surface area contributed by atoms with E-state index in [-0.39, 0.29) is 18.0 Å². The van der Waals surface area contributed by atoms with Crippen LogP contribution in [0.2, 0.25) is 0 Å². The highest BCUT2D eigenvalue weighted by atomic mass is 19.1. The molecule has 0 unspecified atom stereocenters. The predicted molar refractivity (Wildman–Crippen MR) is 95.1 cm³/mol. The van der Waals surface area contributed by atoms with Gasteiger partial charge in [0.25, 0.3) is 0 Å². The van der Waals surface area contributed by atoms with Crippen molar-refractivity contribution in [2.75, 3.05) is 5.73 Å². The molecule has 0 spiro atoms. The van der Waals surface area contributed by atoms with Crippen molar-refractivity contribution in [3.05, 3.63) is 47.8 Å². The number of hydrogen-bond donors (Lipinski definition) is 3. The Morgan fingerprint density at radius 1 is 1.31 bits per heavy atom. The van der Waals surface area contributed by atoms with E-state index < -0.39 is 0 Å². The fourth-order valence-electron chi connectivity index (χ4n) is 3.68. The summed E-state index contributed by atoms with van der Waals surface area (Å²) in [6, 6.07) is 4.78. The Kier molecular flexibility index (Phi) is 3.23. The first-order valence-corrected chi connectivity index (χ1v) is 8.51. The summed E-state index contributed by atoms with van der Waals surface area (Å²) >= 11 is 0. The van der Waals surface area contributed by atoms with E-state index in [1.165, 1.54) is 18.5 Å². The molecule has 26 heavy (non-hydrogen) atoms. The Labute approximate surface area is 147 Å². The van der Waals surface area contributed by atoms with Gasteiger partial charge in [0.05, 0.1) is 23.2 Å². The summed E-state index contributed by atoms with van der Waals surface area (Å²) in [4.78, 5) is 11.6. The molecule has 0 amide bonds. The third-order valence-electron chi connectivity index (χ3n) is 5.11. The average Bonchev–Trinajstić information content (AvgIpc) is 3.15. The van der Waals surface area contributed by atoms with E-state index in [4.69, 9.17) is 10.8 Å². The molecule has 7 nitrogen and oxygen atoms in total. The zero-order chi connectivity index (χ0) is 17.8. The second-order valence-electron chi connectivity index (χ2n) is 6.81. The Hall–Kier alpha value is -3.00. The number of aromatic amines is 1. The summed E-state index contributed by atoms with van der Waals surface area (Å²) in [6.45, 7) is 0.